The number of rotatable bonds is 3. The van der Waals surface area contributed by atoms with Crippen molar-refractivity contribution in [2.75, 3.05) is 5.43 Å². The summed E-state index contributed by atoms with van der Waals surface area (Å²) in [5.74, 6) is 0.193. The summed E-state index contributed by atoms with van der Waals surface area (Å²) in [5, 5.41) is 11.8. The van der Waals surface area contributed by atoms with E-state index in [4.69, 9.17) is 11.6 Å². The van der Waals surface area contributed by atoms with Crippen LogP contribution in [0.25, 0.3) is 0 Å². The van der Waals surface area contributed by atoms with Crippen LogP contribution in [0.15, 0.2) is 12.1 Å². The Labute approximate surface area is 79.4 Å². The number of hydrazine groups is 1. The molecule has 0 aliphatic heterocycles. The Hall–Kier alpha value is -0.960. The van der Waals surface area contributed by atoms with Crippen LogP contribution in [0.4, 0.5) is 5.82 Å². The van der Waals surface area contributed by atoms with E-state index in [2.05, 4.69) is 20.8 Å². The molecule has 13 heavy (non-hydrogen) atoms. The lowest BCUT2D eigenvalue weighted by atomic mass is 10.5. The van der Waals surface area contributed by atoms with Crippen molar-refractivity contribution in [1.29, 1.82) is 0 Å². The van der Waals surface area contributed by atoms with Crippen molar-refractivity contribution in [3.8, 4) is 0 Å². The molecule has 0 radical (unpaired) electrons. The third kappa shape index (κ3) is 3.99. The summed E-state index contributed by atoms with van der Waals surface area (Å²) < 4.78 is 20.8. The van der Waals surface area contributed by atoms with Gasteiger partial charge in [-0.15, -0.1) is 15.0 Å². The fourth-order valence-corrected chi connectivity index (χ4v) is 0.854. The number of anilines is 1. The standard InChI is InChI=1S/C4H6ClN5O2S/c5-3-1-2-4(8-7-3)9-10-13(6,11)12/h1-2,10H,(H,8,9)(H2,6,11,12). The Bertz CT molecular complexity index is 376. The zero-order valence-electron chi connectivity index (χ0n) is 6.23. The second kappa shape index (κ2) is 3.83. The first-order valence-electron chi connectivity index (χ1n) is 3.02. The molecule has 0 amide bonds. The van der Waals surface area contributed by atoms with Crippen LogP contribution in [0.2, 0.25) is 5.15 Å². The highest BCUT2D eigenvalue weighted by atomic mass is 35.5. The maximum Gasteiger partial charge on any atom is 0.291 e. The van der Waals surface area contributed by atoms with Gasteiger partial charge in [-0.2, -0.15) is 8.42 Å². The van der Waals surface area contributed by atoms with Crippen molar-refractivity contribution in [3.05, 3.63) is 17.3 Å². The summed E-state index contributed by atoms with van der Waals surface area (Å²) in [6.45, 7) is 0. The van der Waals surface area contributed by atoms with Crippen LogP contribution in [-0.4, -0.2) is 18.6 Å². The molecule has 0 fully saturated rings. The fraction of sp³-hybridized carbons (Fsp3) is 0. The van der Waals surface area contributed by atoms with Gasteiger partial charge in [-0.05, 0) is 12.1 Å². The Morgan fingerprint density at radius 1 is 1.38 bits per heavy atom. The number of hydrogen-bond donors (Lipinski definition) is 3. The van der Waals surface area contributed by atoms with Gasteiger partial charge in [0.05, 0.1) is 0 Å². The van der Waals surface area contributed by atoms with E-state index in [1.54, 1.807) is 0 Å². The van der Waals surface area contributed by atoms with Crippen LogP contribution >= 0.6 is 11.6 Å². The second-order valence-corrected chi connectivity index (χ2v) is 3.69. The van der Waals surface area contributed by atoms with E-state index < -0.39 is 10.2 Å². The maximum absolute atomic E-state index is 10.4. The number of nitrogens with one attached hydrogen (secondary N) is 2. The molecule has 0 unspecified atom stereocenters. The lowest BCUT2D eigenvalue weighted by molar-refractivity contribution is 0.589. The summed E-state index contributed by atoms with van der Waals surface area (Å²) in [4.78, 5) is 1.81. The molecule has 0 aliphatic rings. The minimum absolute atomic E-state index is 0.193. The number of aromatic nitrogens is 2. The van der Waals surface area contributed by atoms with Gasteiger partial charge >= 0.3 is 0 Å². The third-order valence-electron chi connectivity index (χ3n) is 0.953. The van der Waals surface area contributed by atoms with Crippen LogP contribution in [0.5, 0.6) is 0 Å². The van der Waals surface area contributed by atoms with Crippen molar-refractivity contribution in [3.63, 3.8) is 0 Å². The van der Waals surface area contributed by atoms with Gasteiger partial charge in [-0.25, -0.2) is 5.14 Å². The maximum atomic E-state index is 10.4. The Balaban J connectivity index is 2.61. The van der Waals surface area contributed by atoms with Gasteiger partial charge in [0, 0.05) is 0 Å². The SMILES string of the molecule is NS(=O)(=O)NNc1ccc(Cl)nn1. The zero-order valence-corrected chi connectivity index (χ0v) is 7.80. The monoisotopic (exact) mass is 223 g/mol. The molecule has 0 saturated heterocycles. The van der Waals surface area contributed by atoms with Gasteiger partial charge in [0.25, 0.3) is 10.2 Å². The first-order chi connectivity index (χ1) is 5.97. The average molecular weight is 224 g/mol. The van der Waals surface area contributed by atoms with E-state index in [-0.39, 0.29) is 11.0 Å². The van der Waals surface area contributed by atoms with Crippen LogP contribution in [0.3, 0.4) is 0 Å². The highest BCUT2D eigenvalue weighted by Crippen LogP contribution is 2.04. The smallest absolute Gasteiger partial charge is 0.290 e. The van der Waals surface area contributed by atoms with E-state index in [0.29, 0.717) is 0 Å². The van der Waals surface area contributed by atoms with Gasteiger partial charge in [0.15, 0.2) is 11.0 Å². The summed E-state index contributed by atoms with van der Waals surface area (Å²) in [6.07, 6.45) is 0. The van der Waals surface area contributed by atoms with Gasteiger partial charge < -0.3 is 0 Å². The molecule has 0 spiro atoms. The molecule has 0 atom stereocenters. The predicted octanol–water partition coefficient (Wildman–Crippen LogP) is -0.750. The summed E-state index contributed by atoms with van der Waals surface area (Å²) >= 11 is 5.44. The molecule has 0 saturated carbocycles. The van der Waals surface area contributed by atoms with Crippen molar-refractivity contribution < 1.29 is 8.42 Å². The number of nitrogens with zero attached hydrogens (tertiary/aromatic N) is 2. The van der Waals surface area contributed by atoms with Crippen LogP contribution < -0.4 is 15.4 Å². The molecular weight excluding hydrogens is 218 g/mol. The molecule has 1 rings (SSSR count). The van der Waals surface area contributed by atoms with Crippen molar-refractivity contribution in [2.45, 2.75) is 0 Å². The molecule has 1 aromatic rings. The summed E-state index contributed by atoms with van der Waals surface area (Å²) in [5.41, 5.74) is 2.22. The van der Waals surface area contributed by atoms with E-state index in [9.17, 15) is 8.42 Å². The molecule has 0 aliphatic carbocycles. The molecular formula is C4H6ClN5O2S. The van der Waals surface area contributed by atoms with E-state index in [1.165, 1.54) is 12.1 Å². The van der Waals surface area contributed by atoms with Gasteiger partial charge in [-0.1, -0.05) is 11.6 Å². The van der Waals surface area contributed by atoms with Gasteiger partial charge in [0.2, 0.25) is 0 Å². The molecule has 1 aromatic heterocycles. The number of hydrogen-bond acceptors (Lipinski definition) is 5. The first-order valence-corrected chi connectivity index (χ1v) is 4.94. The first kappa shape index (κ1) is 10.1. The van der Waals surface area contributed by atoms with Crippen molar-refractivity contribution in [2.24, 2.45) is 5.14 Å². The van der Waals surface area contributed by atoms with Crippen molar-refractivity contribution >= 4 is 27.6 Å². The Morgan fingerprint density at radius 3 is 2.54 bits per heavy atom. The largest absolute Gasteiger partial charge is 0.291 e. The van der Waals surface area contributed by atoms with E-state index in [1.807, 2.05) is 4.83 Å². The number of halogens is 1. The zero-order chi connectivity index (χ0) is 9.90. The minimum Gasteiger partial charge on any atom is -0.290 e. The fourth-order valence-electron chi connectivity index (χ4n) is 0.506. The van der Waals surface area contributed by atoms with Gasteiger partial charge in [0.1, 0.15) is 0 Å². The molecule has 0 aromatic carbocycles. The van der Waals surface area contributed by atoms with Crippen LogP contribution in [0.1, 0.15) is 0 Å². The Morgan fingerprint density at radius 2 is 2.08 bits per heavy atom. The summed E-state index contributed by atoms with van der Waals surface area (Å²) in [7, 11) is -3.79. The molecule has 0 bridgehead atoms. The highest BCUT2D eigenvalue weighted by Gasteiger charge is 2.00. The minimum atomic E-state index is -3.79. The normalized spacial score (nSPS) is 11.2. The quantitative estimate of drug-likeness (QED) is 0.584. The predicted molar refractivity (Wildman–Crippen MR) is 46.9 cm³/mol. The lowest BCUT2D eigenvalue weighted by Crippen LogP contribution is -2.35. The average Bonchev–Trinajstić information content (AvgIpc) is 2.02. The van der Waals surface area contributed by atoms with Crippen LogP contribution in [-0.2, 0) is 10.2 Å². The second-order valence-electron chi connectivity index (χ2n) is 2.01. The van der Waals surface area contributed by atoms with Gasteiger partial charge in [-0.3, -0.25) is 5.43 Å². The Kier molecular flexibility index (Phi) is 2.98. The molecule has 7 nitrogen and oxygen atoms in total. The third-order valence-corrected chi connectivity index (χ3v) is 1.54. The van der Waals surface area contributed by atoms with Crippen molar-refractivity contribution in [1.82, 2.24) is 15.0 Å². The topological polar surface area (TPSA) is 110 Å². The molecule has 9 heteroatoms. The van der Waals surface area contributed by atoms with E-state index >= 15 is 0 Å². The molecule has 4 N–H and O–H groups in total. The lowest BCUT2D eigenvalue weighted by Gasteiger charge is -2.03. The number of nitrogens with two attached hydrogens (primary N) is 1. The van der Waals surface area contributed by atoms with Crippen LogP contribution in [0, 0.1) is 0 Å². The van der Waals surface area contributed by atoms with E-state index in [0.717, 1.165) is 0 Å². The summed E-state index contributed by atoms with van der Waals surface area (Å²) in [6, 6.07) is 2.88. The molecule has 1 heterocycles. The molecule has 72 valence electrons. The highest BCUT2D eigenvalue weighted by molar-refractivity contribution is 7.87.